The Morgan fingerprint density at radius 3 is 3.30 bits per heavy atom. The average molecular weight is 135 g/mol. The standard InChI is InChI=1S/C6H5N3O/c10-5-1-4-2-7-3-8-6(4)9-5/h2-3H,1H2,(H,7,8,9,10). The summed E-state index contributed by atoms with van der Waals surface area (Å²) in [6.07, 6.45) is 3.49. The molecule has 50 valence electrons. The number of rotatable bonds is 0. The van der Waals surface area contributed by atoms with Crippen molar-refractivity contribution in [2.24, 2.45) is 0 Å². The lowest BCUT2D eigenvalue weighted by molar-refractivity contribution is -0.115. The highest BCUT2D eigenvalue weighted by Gasteiger charge is 2.17. The summed E-state index contributed by atoms with van der Waals surface area (Å²) in [7, 11) is 0. The minimum Gasteiger partial charge on any atom is -0.310 e. The van der Waals surface area contributed by atoms with Gasteiger partial charge in [-0.05, 0) is 0 Å². The Bertz CT molecular complexity index is 257. The smallest absolute Gasteiger partial charge is 0.230 e. The SMILES string of the molecule is O=C1Cc2cncnc2N1. The lowest BCUT2D eigenvalue weighted by Crippen LogP contribution is -2.04. The average Bonchev–Trinajstić information content (AvgIpc) is 2.27. The van der Waals surface area contributed by atoms with E-state index in [0.29, 0.717) is 12.2 Å². The normalized spacial score (nSPS) is 14.6. The summed E-state index contributed by atoms with van der Waals surface area (Å²) in [5, 5.41) is 2.61. The molecule has 0 bridgehead atoms. The van der Waals surface area contributed by atoms with E-state index in [2.05, 4.69) is 15.3 Å². The first-order chi connectivity index (χ1) is 4.86. The van der Waals surface area contributed by atoms with E-state index in [1.165, 1.54) is 6.33 Å². The molecule has 0 saturated heterocycles. The third-order valence-electron chi connectivity index (χ3n) is 1.40. The van der Waals surface area contributed by atoms with Crippen molar-refractivity contribution in [3.05, 3.63) is 18.1 Å². The molecule has 0 radical (unpaired) electrons. The second kappa shape index (κ2) is 1.76. The largest absolute Gasteiger partial charge is 0.310 e. The number of nitrogens with zero attached hydrogens (tertiary/aromatic N) is 2. The predicted octanol–water partition coefficient (Wildman–Crippen LogP) is -0.0288. The zero-order valence-electron chi connectivity index (χ0n) is 5.16. The minimum absolute atomic E-state index is 0.00417. The van der Waals surface area contributed by atoms with Gasteiger partial charge in [-0.15, -0.1) is 0 Å². The lowest BCUT2D eigenvalue weighted by Gasteiger charge is -1.91. The van der Waals surface area contributed by atoms with E-state index in [1.807, 2.05) is 0 Å². The molecule has 1 amide bonds. The molecule has 1 N–H and O–H groups in total. The number of carbonyl (C=O) groups is 1. The van der Waals surface area contributed by atoms with E-state index in [9.17, 15) is 4.79 Å². The van der Waals surface area contributed by atoms with Crippen molar-refractivity contribution in [3.8, 4) is 0 Å². The second-order valence-corrected chi connectivity index (χ2v) is 2.12. The summed E-state index contributed by atoms with van der Waals surface area (Å²) in [6.45, 7) is 0. The first kappa shape index (κ1) is 5.34. The van der Waals surface area contributed by atoms with Gasteiger partial charge in [0.25, 0.3) is 0 Å². The Labute approximate surface area is 57.3 Å². The number of hydrogen-bond acceptors (Lipinski definition) is 3. The van der Waals surface area contributed by atoms with Gasteiger partial charge in [0.15, 0.2) is 0 Å². The maximum atomic E-state index is 10.7. The molecule has 2 rings (SSSR count). The fourth-order valence-electron chi connectivity index (χ4n) is 0.950. The van der Waals surface area contributed by atoms with Gasteiger partial charge < -0.3 is 5.32 Å². The number of aromatic nitrogens is 2. The van der Waals surface area contributed by atoms with Gasteiger partial charge in [-0.3, -0.25) is 4.79 Å². The van der Waals surface area contributed by atoms with Crippen molar-refractivity contribution in [2.45, 2.75) is 6.42 Å². The quantitative estimate of drug-likeness (QED) is 0.543. The summed E-state index contributed by atoms with van der Waals surface area (Å²) in [5.41, 5.74) is 0.882. The molecular formula is C6H5N3O. The monoisotopic (exact) mass is 135 g/mol. The number of hydrogen-bond donors (Lipinski definition) is 1. The summed E-state index contributed by atoms with van der Waals surface area (Å²) in [4.78, 5) is 18.4. The van der Waals surface area contributed by atoms with Gasteiger partial charge in [-0.1, -0.05) is 0 Å². The molecular weight excluding hydrogens is 130 g/mol. The van der Waals surface area contributed by atoms with Crippen molar-refractivity contribution in [3.63, 3.8) is 0 Å². The van der Waals surface area contributed by atoms with Crippen molar-refractivity contribution in [1.82, 2.24) is 9.97 Å². The molecule has 0 spiro atoms. The van der Waals surface area contributed by atoms with Crippen molar-refractivity contribution < 1.29 is 4.79 Å². The Hall–Kier alpha value is -1.45. The fraction of sp³-hybridized carbons (Fsp3) is 0.167. The zero-order chi connectivity index (χ0) is 6.97. The van der Waals surface area contributed by atoms with Crippen LogP contribution in [0.4, 0.5) is 5.82 Å². The van der Waals surface area contributed by atoms with Gasteiger partial charge in [-0.2, -0.15) is 0 Å². The van der Waals surface area contributed by atoms with Crippen LogP contribution in [0, 0.1) is 0 Å². The number of carbonyl (C=O) groups excluding carboxylic acids is 1. The second-order valence-electron chi connectivity index (χ2n) is 2.12. The van der Waals surface area contributed by atoms with Gasteiger partial charge >= 0.3 is 0 Å². The molecule has 1 aliphatic heterocycles. The van der Waals surface area contributed by atoms with Crippen LogP contribution >= 0.6 is 0 Å². The molecule has 0 atom stereocenters. The molecule has 10 heavy (non-hydrogen) atoms. The highest BCUT2D eigenvalue weighted by Crippen LogP contribution is 2.16. The Morgan fingerprint density at radius 1 is 1.60 bits per heavy atom. The van der Waals surface area contributed by atoms with Gasteiger partial charge in [0, 0.05) is 11.8 Å². The molecule has 2 heterocycles. The Morgan fingerprint density at radius 2 is 2.50 bits per heavy atom. The van der Waals surface area contributed by atoms with Gasteiger partial charge in [-0.25, -0.2) is 9.97 Å². The number of anilines is 1. The Kier molecular flexibility index (Phi) is 0.943. The van der Waals surface area contributed by atoms with Crippen LogP contribution in [0.3, 0.4) is 0 Å². The van der Waals surface area contributed by atoms with Gasteiger partial charge in [0.1, 0.15) is 12.1 Å². The maximum Gasteiger partial charge on any atom is 0.230 e. The number of nitrogens with one attached hydrogen (secondary N) is 1. The fourth-order valence-corrected chi connectivity index (χ4v) is 0.950. The van der Waals surface area contributed by atoms with Crippen LogP contribution in [0.1, 0.15) is 5.56 Å². The third-order valence-corrected chi connectivity index (χ3v) is 1.40. The van der Waals surface area contributed by atoms with Crippen LogP contribution < -0.4 is 5.32 Å². The summed E-state index contributed by atoms with van der Waals surface area (Å²) in [5.74, 6) is 0.649. The number of amides is 1. The molecule has 0 fully saturated rings. The molecule has 0 unspecified atom stereocenters. The van der Waals surface area contributed by atoms with E-state index in [1.54, 1.807) is 6.20 Å². The maximum absolute atomic E-state index is 10.7. The van der Waals surface area contributed by atoms with Crippen molar-refractivity contribution in [1.29, 1.82) is 0 Å². The predicted molar refractivity (Wildman–Crippen MR) is 34.4 cm³/mol. The first-order valence-corrected chi connectivity index (χ1v) is 2.95. The minimum atomic E-state index is -0.00417. The van der Waals surface area contributed by atoms with Crippen LogP contribution in [0.2, 0.25) is 0 Å². The number of fused-ring (bicyclic) bond motifs is 1. The lowest BCUT2D eigenvalue weighted by atomic mass is 10.3. The van der Waals surface area contributed by atoms with E-state index in [0.717, 1.165) is 5.56 Å². The highest BCUT2D eigenvalue weighted by molar-refractivity contribution is 5.97. The highest BCUT2D eigenvalue weighted by atomic mass is 16.1. The summed E-state index contributed by atoms with van der Waals surface area (Å²) < 4.78 is 0. The van der Waals surface area contributed by atoms with Crippen LogP contribution in [0.15, 0.2) is 12.5 Å². The van der Waals surface area contributed by atoms with Crippen LogP contribution in [0.25, 0.3) is 0 Å². The zero-order valence-corrected chi connectivity index (χ0v) is 5.16. The molecule has 0 saturated carbocycles. The molecule has 4 heteroatoms. The van der Waals surface area contributed by atoms with Gasteiger partial charge in [0.05, 0.1) is 6.42 Å². The summed E-state index contributed by atoms with van der Waals surface area (Å²) >= 11 is 0. The van der Waals surface area contributed by atoms with Crippen LogP contribution in [-0.2, 0) is 11.2 Å². The van der Waals surface area contributed by atoms with Gasteiger partial charge in [0.2, 0.25) is 5.91 Å². The van der Waals surface area contributed by atoms with E-state index in [-0.39, 0.29) is 5.91 Å². The molecule has 1 aromatic heterocycles. The first-order valence-electron chi connectivity index (χ1n) is 2.95. The van der Waals surface area contributed by atoms with Crippen molar-refractivity contribution >= 4 is 11.7 Å². The molecule has 4 nitrogen and oxygen atoms in total. The third kappa shape index (κ3) is 0.655. The van der Waals surface area contributed by atoms with Crippen LogP contribution in [-0.4, -0.2) is 15.9 Å². The Balaban J connectivity index is 2.51. The topological polar surface area (TPSA) is 54.9 Å². The molecule has 1 aromatic rings. The van der Waals surface area contributed by atoms with E-state index >= 15 is 0 Å². The van der Waals surface area contributed by atoms with E-state index < -0.39 is 0 Å². The molecule has 1 aliphatic rings. The molecule has 0 aliphatic carbocycles. The van der Waals surface area contributed by atoms with E-state index in [4.69, 9.17) is 0 Å². The van der Waals surface area contributed by atoms with Crippen molar-refractivity contribution in [2.75, 3.05) is 5.32 Å². The van der Waals surface area contributed by atoms with Crippen LogP contribution in [0.5, 0.6) is 0 Å². The molecule has 0 aromatic carbocycles. The summed E-state index contributed by atoms with van der Waals surface area (Å²) in [6, 6.07) is 0.